The third-order valence-corrected chi connectivity index (χ3v) is 4.12. The summed E-state index contributed by atoms with van der Waals surface area (Å²) in [4.78, 5) is 0. The first kappa shape index (κ1) is 17.2. The second-order valence-electron chi connectivity index (χ2n) is 6.57. The number of aryl methyl sites for hydroxylation is 1. The zero-order chi connectivity index (χ0) is 15.7. The summed E-state index contributed by atoms with van der Waals surface area (Å²) in [5.41, 5.74) is 2.89. The minimum atomic E-state index is -0.375. The summed E-state index contributed by atoms with van der Waals surface area (Å²) in [6.45, 7) is 16.9. The number of rotatable bonds is 6. The fraction of sp³-hybridized carbons (Fsp3) is 0.800. The molecular weight excluding hydrogens is 251 g/mol. The monoisotopic (exact) mass is 280 g/mol. The number of aromatic nitrogens is 2. The topological polar surface area (TPSA) is 36.3 Å². The van der Waals surface area contributed by atoms with Crippen molar-refractivity contribution < 1.29 is 9.31 Å². The molecule has 0 atom stereocenters. The van der Waals surface area contributed by atoms with Crippen LogP contribution >= 0.6 is 0 Å². The van der Waals surface area contributed by atoms with Gasteiger partial charge in [0.1, 0.15) is 0 Å². The lowest BCUT2D eigenvalue weighted by molar-refractivity contribution is 0.0371. The molecule has 0 fully saturated rings. The molecule has 114 valence electrons. The maximum absolute atomic E-state index is 6.21. The number of nitrogens with zero attached hydrogens (tertiary/aromatic N) is 2. The lowest BCUT2D eigenvalue weighted by Gasteiger charge is -2.32. The van der Waals surface area contributed by atoms with Gasteiger partial charge in [-0.1, -0.05) is 13.8 Å². The predicted octanol–water partition coefficient (Wildman–Crippen LogP) is 2.87. The van der Waals surface area contributed by atoms with Crippen molar-refractivity contribution >= 4 is 12.6 Å². The fourth-order valence-electron chi connectivity index (χ4n) is 2.16. The van der Waals surface area contributed by atoms with Gasteiger partial charge in [-0.15, -0.1) is 0 Å². The van der Waals surface area contributed by atoms with Crippen LogP contribution in [-0.2, 0) is 9.31 Å². The van der Waals surface area contributed by atoms with Gasteiger partial charge in [0, 0.05) is 24.3 Å². The molecule has 1 aromatic heterocycles. The molecule has 0 saturated heterocycles. The van der Waals surface area contributed by atoms with Crippen LogP contribution in [0.1, 0.15) is 59.0 Å². The molecule has 0 bridgehead atoms. The zero-order valence-electron chi connectivity index (χ0n) is 14.4. The van der Waals surface area contributed by atoms with Crippen LogP contribution in [0.4, 0.5) is 0 Å². The standard InChI is InChI=1S/C15H29BN2O2/c1-10(2)15(7,8)20-16(19-9)14-12(5)17-18(11(3)4)13(14)6/h10-11H,1-9H3. The highest BCUT2D eigenvalue weighted by atomic mass is 16.6. The molecule has 20 heavy (non-hydrogen) atoms. The Labute approximate surface area is 124 Å². The summed E-state index contributed by atoms with van der Waals surface area (Å²) in [5.74, 6) is 0.404. The molecule has 0 amide bonds. The SMILES string of the molecule is COB(OC(C)(C)C(C)C)c1c(C)nn(C(C)C)c1C. The van der Waals surface area contributed by atoms with Gasteiger partial charge >= 0.3 is 7.12 Å². The largest absolute Gasteiger partial charge is 0.497 e. The summed E-state index contributed by atoms with van der Waals surface area (Å²) in [5, 5.41) is 4.61. The Hall–Kier alpha value is -0.805. The Morgan fingerprint density at radius 1 is 1.15 bits per heavy atom. The first-order chi connectivity index (χ1) is 9.11. The van der Waals surface area contributed by atoms with Gasteiger partial charge in [-0.05, 0) is 47.5 Å². The van der Waals surface area contributed by atoms with Crippen LogP contribution < -0.4 is 5.46 Å². The Kier molecular flexibility index (Phi) is 5.44. The molecule has 1 rings (SSSR count). The molecule has 0 aliphatic carbocycles. The van der Waals surface area contributed by atoms with Gasteiger partial charge in [-0.3, -0.25) is 4.68 Å². The third kappa shape index (κ3) is 3.44. The van der Waals surface area contributed by atoms with Gasteiger partial charge in [-0.2, -0.15) is 5.10 Å². The van der Waals surface area contributed by atoms with Gasteiger partial charge in [-0.25, -0.2) is 0 Å². The first-order valence-electron chi connectivity index (χ1n) is 7.38. The van der Waals surface area contributed by atoms with Crippen molar-refractivity contribution in [2.24, 2.45) is 5.92 Å². The average Bonchev–Trinajstić information content (AvgIpc) is 2.62. The molecule has 4 nitrogen and oxygen atoms in total. The highest BCUT2D eigenvalue weighted by molar-refractivity contribution is 6.62. The van der Waals surface area contributed by atoms with Crippen molar-refractivity contribution in [2.45, 2.75) is 67.0 Å². The average molecular weight is 280 g/mol. The van der Waals surface area contributed by atoms with Crippen molar-refractivity contribution in [3.05, 3.63) is 11.4 Å². The van der Waals surface area contributed by atoms with Gasteiger partial charge in [0.15, 0.2) is 0 Å². The van der Waals surface area contributed by atoms with Crippen molar-refractivity contribution in [3.63, 3.8) is 0 Å². The van der Waals surface area contributed by atoms with Crippen LogP contribution in [0.2, 0.25) is 0 Å². The Morgan fingerprint density at radius 2 is 1.70 bits per heavy atom. The van der Waals surface area contributed by atoms with Crippen LogP contribution in [0.25, 0.3) is 0 Å². The van der Waals surface area contributed by atoms with E-state index in [1.807, 2.05) is 11.6 Å². The fourth-order valence-corrected chi connectivity index (χ4v) is 2.16. The maximum atomic E-state index is 6.21. The second-order valence-corrected chi connectivity index (χ2v) is 6.57. The molecule has 0 radical (unpaired) electrons. The summed E-state index contributed by atoms with van der Waals surface area (Å²) in [7, 11) is 1.31. The smallest absolute Gasteiger partial charge is 0.410 e. The molecule has 5 heteroatoms. The van der Waals surface area contributed by atoms with E-state index in [2.05, 4.69) is 53.6 Å². The summed E-state index contributed by atoms with van der Waals surface area (Å²) >= 11 is 0. The molecule has 0 N–H and O–H groups in total. The van der Waals surface area contributed by atoms with E-state index in [4.69, 9.17) is 9.31 Å². The summed E-state index contributed by atoms with van der Waals surface area (Å²) < 4.78 is 13.8. The third-order valence-electron chi connectivity index (χ3n) is 4.12. The van der Waals surface area contributed by atoms with E-state index in [1.165, 1.54) is 0 Å². The molecular formula is C15H29BN2O2. The number of hydrogen-bond acceptors (Lipinski definition) is 3. The van der Waals surface area contributed by atoms with E-state index in [1.54, 1.807) is 7.11 Å². The minimum absolute atomic E-state index is 0.251. The lowest BCUT2D eigenvalue weighted by atomic mass is 9.75. The van der Waals surface area contributed by atoms with Crippen LogP contribution in [-0.4, -0.2) is 29.6 Å². The van der Waals surface area contributed by atoms with E-state index < -0.39 is 0 Å². The minimum Gasteiger partial charge on any atom is -0.410 e. The highest BCUT2D eigenvalue weighted by Crippen LogP contribution is 2.22. The summed E-state index contributed by atoms with van der Waals surface area (Å²) in [6, 6.07) is 0.332. The predicted molar refractivity (Wildman–Crippen MR) is 84.5 cm³/mol. The van der Waals surface area contributed by atoms with E-state index in [0.29, 0.717) is 12.0 Å². The van der Waals surface area contributed by atoms with E-state index >= 15 is 0 Å². The molecule has 0 aliphatic rings. The molecule has 0 aliphatic heterocycles. The van der Waals surface area contributed by atoms with Crippen molar-refractivity contribution in [1.29, 1.82) is 0 Å². The van der Waals surface area contributed by atoms with Crippen LogP contribution in [0.5, 0.6) is 0 Å². The Bertz CT molecular complexity index is 453. The normalized spacial score (nSPS) is 12.6. The van der Waals surface area contributed by atoms with Gasteiger partial charge in [0.25, 0.3) is 0 Å². The van der Waals surface area contributed by atoms with E-state index in [9.17, 15) is 0 Å². The van der Waals surface area contributed by atoms with Crippen molar-refractivity contribution in [1.82, 2.24) is 9.78 Å². The van der Waals surface area contributed by atoms with Crippen molar-refractivity contribution in [2.75, 3.05) is 7.11 Å². The molecule has 1 aromatic rings. The number of hydrogen-bond donors (Lipinski definition) is 0. The van der Waals surface area contributed by atoms with Gasteiger partial charge in [0.05, 0.1) is 11.3 Å². The lowest BCUT2D eigenvalue weighted by Crippen LogP contribution is -2.47. The Morgan fingerprint density at radius 3 is 2.05 bits per heavy atom. The summed E-state index contributed by atoms with van der Waals surface area (Å²) in [6.07, 6.45) is 0. The molecule has 0 aromatic carbocycles. The highest BCUT2D eigenvalue weighted by Gasteiger charge is 2.35. The van der Waals surface area contributed by atoms with Crippen molar-refractivity contribution in [3.8, 4) is 0 Å². The Balaban J connectivity index is 3.14. The van der Waals surface area contributed by atoms with E-state index in [-0.39, 0.29) is 12.7 Å². The molecule has 0 unspecified atom stereocenters. The molecule has 0 saturated carbocycles. The van der Waals surface area contributed by atoms with Crippen LogP contribution in [0.3, 0.4) is 0 Å². The quantitative estimate of drug-likeness (QED) is 0.752. The van der Waals surface area contributed by atoms with Crippen LogP contribution in [0.15, 0.2) is 0 Å². The second kappa shape index (κ2) is 6.31. The molecule has 1 heterocycles. The van der Waals surface area contributed by atoms with Crippen LogP contribution in [0, 0.1) is 19.8 Å². The van der Waals surface area contributed by atoms with Gasteiger partial charge < -0.3 is 9.31 Å². The molecule has 0 spiro atoms. The van der Waals surface area contributed by atoms with E-state index in [0.717, 1.165) is 16.9 Å². The van der Waals surface area contributed by atoms with Gasteiger partial charge in [0.2, 0.25) is 0 Å². The first-order valence-corrected chi connectivity index (χ1v) is 7.38. The maximum Gasteiger partial charge on any atom is 0.497 e. The zero-order valence-corrected chi connectivity index (χ0v) is 14.4.